The van der Waals surface area contributed by atoms with Crippen LogP contribution in [0.15, 0.2) is 24.5 Å². The summed E-state index contributed by atoms with van der Waals surface area (Å²) in [6.45, 7) is 2.83. The van der Waals surface area contributed by atoms with Crippen molar-refractivity contribution in [1.82, 2.24) is 24.6 Å². The van der Waals surface area contributed by atoms with Gasteiger partial charge in [-0.05, 0) is 37.5 Å². The van der Waals surface area contributed by atoms with Gasteiger partial charge >= 0.3 is 0 Å². The van der Waals surface area contributed by atoms with E-state index in [1.807, 2.05) is 23.6 Å². The minimum atomic E-state index is -0.0834. The summed E-state index contributed by atoms with van der Waals surface area (Å²) in [4.78, 5) is 18.4. The van der Waals surface area contributed by atoms with Crippen molar-refractivity contribution in [2.75, 3.05) is 7.05 Å². The normalized spacial score (nSPS) is 15.3. The number of carbonyl (C=O) groups is 1. The Morgan fingerprint density at radius 3 is 2.81 bits per heavy atom. The molecule has 0 aromatic carbocycles. The Kier molecular flexibility index (Phi) is 3.68. The van der Waals surface area contributed by atoms with Crippen LogP contribution in [-0.4, -0.2) is 37.6 Å². The number of aromatic nitrogens is 4. The second kappa shape index (κ2) is 5.63. The molecule has 1 aliphatic rings. The molecule has 0 saturated heterocycles. The van der Waals surface area contributed by atoms with Gasteiger partial charge < -0.3 is 9.47 Å². The molecule has 2 aromatic rings. The van der Waals surface area contributed by atoms with Gasteiger partial charge in [0.05, 0.1) is 6.04 Å². The zero-order valence-corrected chi connectivity index (χ0v) is 12.4. The van der Waals surface area contributed by atoms with Crippen LogP contribution in [-0.2, 0) is 13.0 Å². The lowest BCUT2D eigenvalue weighted by Crippen LogP contribution is -2.32. The summed E-state index contributed by atoms with van der Waals surface area (Å²) in [5.41, 5.74) is 1.05. The number of rotatable bonds is 3. The van der Waals surface area contributed by atoms with Gasteiger partial charge in [0.15, 0.2) is 0 Å². The topological polar surface area (TPSA) is 63.9 Å². The molecule has 1 amide bonds. The Hall–Kier alpha value is -2.24. The second-order valence-corrected chi connectivity index (χ2v) is 5.42. The van der Waals surface area contributed by atoms with Gasteiger partial charge in [-0.25, -0.2) is 0 Å². The summed E-state index contributed by atoms with van der Waals surface area (Å²) in [7, 11) is 1.80. The van der Waals surface area contributed by atoms with Crippen molar-refractivity contribution >= 4 is 5.91 Å². The summed E-state index contributed by atoms with van der Waals surface area (Å²) in [5, 5.41) is 8.25. The van der Waals surface area contributed by atoms with E-state index >= 15 is 0 Å². The van der Waals surface area contributed by atoms with E-state index in [2.05, 4.69) is 15.2 Å². The first kappa shape index (κ1) is 13.7. The largest absolute Gasteiger partial charge is 0.332 e. The molecule has 0 aliphatic carbocycles. The van der Waals surface area contributed by atoms with Crippen LogP contribution in [0.5, 0.6) is 0 Å². The van der Waals surface area contributed by atoms with Gasteiger partial charge in [-0.2, -0.15) is 0 Å². The van der Waals surface area contributed by atoms with Crippen LogP contribution in [0.2, 0.25) is 0 Å². The van der Waals surface area contributed by atoms with E-state index in [1.165, 1.54) is 0 Å². The SMILES string of the molecule is CC(c1ccncc1)N(C)C(=O)c1nnc2n1CCCC2. The Balaban J connectivity index is 1.83. The predicted molar refractivity (Wildman–Crippen MR) is 77.7 cm³/mol. The molecule has 21 heavy (non-hydrogen) atoms. The number of amides is 1. The van der Waals surface area contributed by atoms with Gasteiger partial charge in [0.1, 0.15) is 5.82 Å². The Labute approximate surface area is 123 Å². The number of carbonyl (C=O) groups excluding carboxylic acids is 1. The highest BCUT2D eigenvalue weighted by Crippen LogP contribution is 2.21. The molecule has 3 heterocycles. The maximum absolute atomic E-state index is 12.7. The molecule has 0 radical (unpaired) electrons. The first-order valence-corrected chi connectivity index (χ1v) is 7.27. The minimum Gasteiger partial charge on any atom is -0.332 e. The highest BCUT2D eigenvalue weighted by atomic mass is 16.2. The molecule has 6 heteroatoms. The van der Waals surface area contributed by atoms with E-state index in [-0.39, 0.29) is 11.9 Å². The number of pyridine rings is 1. The third kappa shape index (κ3) is 2.53. The minimum absolute atomic E-state index is 0.0305. The van der Waals surface area contributed by atoms with Crippen LogP contribution in [0.25, 0.3) is 0 Å². The molecule has 2 aromatic heterocycles. The van der Waals surface area contributed by atoms with Crippen LogP contribution in [0.3, 0.4) is 0 Å². The summed E-state index contributed by atoms with van der Waals surface area (Å²) >= 11 is 0. The van der Waals surface area contributed by atoms with Gasteiger partial charge in [0.2, 0.25) is 5.82 Å². The van der Waals surface area contributed by atoms with Crippen molar-refractivity contribution in [2.24, 2.45) is 0 Å². The van der Waals surface area contributed by atoms with Crippen molar-refractivity contribution in [2.45, 2.75) is 38.8 Å². The fourth-order valence-corrected chi connectivity index (χ4v) is 2.67. The Bertz CT molecular complexity index is 637. The Morgan fingerprint density at radius 1 is 1.29 bits per heavy atom. The summed E-state index contributed by atoms with van der Waals surface area (Å²) in [6, 6.07) is 3.82. The summed E-state index contributed by atoms with van der Waals surface area (Å²) < 4.78 is 1.96. The van der Waals surface area contributed by atoms with Gasteiger partial charge in [-0.3, -0.25) is 9.78 Å². The van der Waals surface area contributed by atoms with Crippen molar-refractivity contribution in [3.63, 3.8) is 0 Å². The third-order valence-corrected chi connectivity index (χ3v) is 4.14. The number of fused-ring (bicyclic) bond motifs is 1. The molecule has 6 nitrogen and oxygen atoms in total. The van der Waals surface area contributed by atoms with Crippen LogP contribution >= 0.6 is 0 Å². The molecular formula is C15H19N5O. The van der Waals surface area contributed by atoms with Crippen LogP contribution in [0, 0.1) is 0 Å². The molecule has 1 atom stereocenters. The van der Waals surface area contributed by atoms with Crippen molar-refractivity contribution in [1.29, 1.82) is 0 Å². The molecule has 0 spiro atoms. The highest BCUT2D eigenvalue weighted by Gasteiger charge is 2.26. The number of hydrogen-bond donors (Lipinski definition) is 0. The van der Waals surface area contributed by atoms with Crippen LogP contribution < -0.4 is 0 Å². The van der Waals surface area contributed by atoms with Crippen molar-refractivity contribution < 1.29 is 4.79 Å². The first-order valence-electron chi connectivity index (χ1n) is 7.27. The Morgan fingerprint density at radius 2 is 2.05 bits per heavy atom. The maximum atomic E-state index is 12.7. The van der Waals surface area contributed by atoms with E-state index < -0.39 is 0 Å². The lowest BCUT2D eigenvalue weighted by molar-refractivity contribution is 0.0723. The zero-order chi connectivity index (χ0) is 14.8. The lowest BCUT2D eigenvalue weighted by Gasteiger charge is -2.25. The van der Waals surface area contributed by atoms with E-state index in [0.29, 0.717) is 5.82 Å². The molecule has 0 N–H and O–H groups in total. The van der Waals surface area contributed by atoms with Gasteiger partial charge in [-0.1, -0.05) is 0 Å². The van der Waals surface area contributed by atoms with Crippen LogP contribution in [0.4, 0.5) is 0 Å². The fraction of sp³-hybridized carbons (Fsp3) is 0.467. The average molecular weight is 285 g/mol. The van der Waals surface area contributed by atoms with Gasteiger partial charge in [0, 0.05) is 32.4 Å². The first-order chi connectivity index (χ1) is 10.2. The van der Waals surface area contributed by atoms with E-state index in [4.69, 9.17) is 0 Å². The average Bonchev–Trinajstić information content (AvgIpc) is 2.97. The lowest BCUT2D eigenvalue weighted by atomic mass is 10.1. The van der Waals surface area contributed by atoms with E-state index in [9.17, 15) is 4.79 Å². The van der Waals surface area contributed by atoms with E-state index in [1.54, 1.807) is 24.3 Å². The third-order valence-electron chi connectivity index (χ3n) is 4.14. The monoisotopic (exact) mass is 285 g/mol. The van der Waals surface area contributed by atoms with Gasteiger partial charge in [0.25, 0.3) is 5.91 Å². The standard InChI is InChI=1S/C15H19N5O/c1-11(12-6-8-16-9-7-12)19(2)15(21)14-18-17-13-5-3-4-10-20(13)14/h6-9,11H,3-5,10H2,1-2H3. The molecule has 0 fully saturated rings. The predicted octanol–water partition coefficient (Wildman–Crippen LogP) is 1.84. The highest BCUT2D eigenvalue weighted by molar-refractivity contribution is 5.90. The van der Waals surface area contributed by atoms with E-state index in [0.717, 1.165) is 37.2 Å². The number of aryl methyl sites for hydroxylation is 1. The summed E-state index contributed by atoms with van der Waals surface area (Å²) in [6.07, 6.45) is 6.58. The fourth-order valence-electron chi connectivity index (χ4n) is 2.67. The van der Waals surface area contributed by atoms with Crippen molar-refractivity contribution in [3.8, 4) is 0 Å². The zero-order valence-electron chi connectivity index (χ0n) is 12.4. The smallest absolute Gasteiger partial charge is 0.292 e. The molecule has 0 saturated carbocycles. The summed E-state index contributed by atoms with van der Waals surface area (Å²) in [5.74, 6) is 1.29. The number of hydrogen-bond acceptors (Lipinski definition) is 4. The maximum Gasteiger partial charge on any atom is 0.292 e. The van der Waals surface area contributed by atoms with Crippen LogP contribution in [0.1, 0.15) is 47.8 Å². The molecule has 1 aliphatic heterocycles. The molecule has 110 valence electrons. The van der Waals surface area contributed by atoms with Crippen molar-refractivity contribution in [3.05, 3.63) is 41.7 Å². The molecular weight excluding hydrogens is 266 g/mol. The number of nitrogens with zero attached hydrogens (tertiary/aromatic N) is 5. The molecule has 1 unspecified atom stereocenters. The molecule has 3 rings (SSSR count). The quantitative estimate of drug-likeness (QED) is 0.863. The molecule has 0 bridgehead atoms. The van der Waals surface area contributed by atoms with Gasteiger partial charge in [-0.15, -0.1) is 10.2 Å². The second-order valence-electron chi connectivity index (χ2n) is 5.42.